The largest absolute Gasteiger partial charge is 0.530 e. The van der Waals surface area contributed by atoms with E-state index >= 15 is 0 Å². The summed E-state index contributed by atoms with van der Waals surface area (Å²) in [6.07, 6.45) is 10.7. The lowest BCUT2D eigenvalue weighted by molar-refractivity contribution is 0.0826. The molecule has 0 fully saturated rings. The number of phosphoric acid groups is 1. The van der Waals surface area contributed by atoms with Gasteiger partial charge in [-0.25, -0.2) is 4.57 Å². The smallest absolute Gasteiger partial charge is 0.404 e. The fraction of sp³-hybridized carbons (Fsp3) is 0.727. The zero-order valence-corrected chi connectivity index (χ0v) is 18.6. The third-order valence-corrected chi connectivity index (χ3v) is 6.18. The molecule has 2 atom stereocenters. The molecule has 0 aliphatic carbocycles. The van der Waals surface area contributed by atoms with Gasteiger partial charge in [0.05, 0.1) is 12.2 Å². The van der Waals surface area contributed by atoms with Crippen molar-refractivity contribution in [3.8, 4) is 5.75 Å². The molecule has 0 saturated carbocycles. The molecule has 0 aromatic heterocycles. The van der Waals surface area contributed by atoms with Crippen LogP contribution in [0.2, 0.25) is 0 Å². The van der Waals surface area contributed by atoms with Gasteiger partial charge in [0.1, 0.15) is 5.75 Å². The van der Waals surface area contributed by atoms with Gasteiger partial charge in [-0.2, -0.15) is 0 Å². The van der Waals surface area contributed by atoms with E-state index in [9.17, 15) is 4.57 Å². The van der Waals surface area contributed by atoms with Crippen molar-refractivity contribution >= 4 is 7.82 Å². The normalized spacial score (nSPS) is 15.9. The van der Waals surface area contributed by atoms with Crippen molar-refractivity contribution in [2.24, 2.45) is 0 Å². The van der Waals surface area contributed by atoms with Crippen molar-refractivity contribution in [1.29, 1.82) is 0 Å². The average Bonchev–Trinajstić information content (AvgIpc) is 2.63. The van der Waals surface area contributed by atoms with Crippen molar-refractivity contribution in [2.75, 3.05) is 0 Å². The summed E-state index contributed by atoms with van der Waals surface area (Å²) in [4.78, 5) is 0. The van der Waals surface area contributed by atoms with Crippen LogP contribution in [0.25, 0.3) is 0 Å². The third-order valence-electron chi connectivity index (χ3n) is 4.51. The van der Waals surface area contributed by atoms with Crippen LogP contribution in [0.15, 0.2) is 30.3 Å². The summed E-state index contributed by atoms with van der Waals surface area (Å²) < 4.78 is 30.7. The van der Waals surface area contributed by atoms with E-state index < -0.39 is 7.82 Å². The van der Waals surface area contributed by atoms with Crippen LogP contribution in [0.4, 0.5) is 0 Å². The van der Waals surface area contributed by atoms with Crippen molar-refractivity contribution in [2.45, 2.75) is 104 Å². The summed E-state index contributed by atoms with van der Waals surface area (Å²) in [6, 6.07) is 9.14. The molecule has 0 spiro atoms. The van der Waals surface area contributed by atoms with Crippen LogP contribution in [0.5, 0.6) is 5.75 Å². The minimum atomic E-state index is -3.66. The Morgan fingerprint density at radius 3 is 1.70 bits per heavy atom. The Hall–Kier alpha value is -0.830. The number of unbranched alkanes of at least 4 members (excludes halogenated alkanes) is 6. The molecule has 27 heavy (non-hydrogen) atoms. The van der Waals surface area contributed by atoms with Gasteiger partial charge < -0.3 is 4.52 Å². The Morgan fingerprint density at radius 2 is 1.26 bits per heavy atom. The highest BCUT2D eigenvalue weighted by molar-refractivity contribution is 7.49. The molecule has 0 saturated heterocycles. The molecule has 156 valence electrons. The Labute approximate surface area is 166 Å². The maximum absolute atomic E-state index is 13.3. The van der Waals surface area contributed by atoms with Crippen molar-refractivity contribution in [3.63, 3.8) is 0 Å². The first-order valence-electron chi connectivity index (χ1n) is 10.7. The van der Waals surface area contributed by atoms with Gasteiger partial charge in [-0.15, -0.1) is 0 Å². The Kier molecular flexibility index (Phi) is 12.7. The van der Waals surface area contributed by atoms with E-state index in [0.717, 1.165) is 25.7 Å². The second kappa shape index (κ2) is 14.2. The van der Waals surface area contributed by atoms with Gasteiger partial charge in [-0.3, -0.25) is 9.05 Å². The third kappa shape index (κ3) is 11.6. The zero-order valence-electron chi connectivity index (χ0n) is 17.7. The molecule has 0 aliphatic rings. The molecule has 1 aromatic carbocycles. The quantitative estimate of drug-likeness (QED) is 0.209. The van der Waals surface area contributed by atoms with E-state index in [0.29, 0.717) is 5.75 Å². The minimum absolute atomic E-state index is 0.163. The van der Waals surface area contributed by atoms with Crippen LogP contribution in [-0.4, -0.2) is 12.2 Å². The van der Waals surface area contributed by atoms with Gasteiger partial charge in [0.2, 0.25) is 0 Å². The average molecular weight is 399 g/mol. The Bertz CT molecular complexity index is 496. The van der Waals surface area contributed by atoms with E-state index in [1.54, 1.807) is 12.1 Å². The lowest BCUT2D eigenvalue weighted by atomic mass is 10.1. The Balaban J connectivity index is 2.63. The van der Waals surface area contributed by atoms with Crippen LogP contribution in [0.1, 0.15) is 91.9 Å². The number of para-hydroxylation sites is 1. The highest BCUT2D eigenvalue weighted by atomic mass is 31.2. The van der Waals surface area contributed by atoms with Crippen molar-refractivity contribution < 1.29 is 18.1 Å². The van der Waals surface area contributed by atoms with Crippen LogP contribution in [0, 0.1) is 0 Å². The second-order valence-corrected chi connectivity index (χ2v) is 8.88. The number of hydrogen-bond acceptors (Lipinski definition) is 4. The SMILES string of the molecule is CCCCCCC(C)OP(=O)(Oc1ccccc1)OC(C)CCCCCC. The molecule has 0 amide bonds. The number of phosphoric ester groups is 1. The Morgan fingerprint density at radius 1 is 0.778 bits per heavy atom. The number of hydrogen-bond donors (Lipinski definition) is 0. The predicted octanol–water partition coefficient (Wildman–Crippen LogP) is 7.92. The van der Waals surface area contributed by atoms with Gasteiger partial charge in [0, 0.05) is 0 Å². The lowest BCUT2D eigenvalue weighted by Crippen LogP contribution is -2.15. The summed E-state index contributed by atoms with van der Waals surface area (Å²) in [5, 5.41) is 0. The van der Waals surface area contributed by atoms with E-state index in [1.807, 2.05) is 32.0 Å². The van der Waals surface area contributed by atoms with Crippen LogP contribution in [0.3, 0.4) is 0 Å². The maximum Gasteiger partial charge on any atom is 0.530 e. The van der Waals surface area contributed by atoms with E-state index in [-0.39, 0.29) is 12.2 Å². The summed E-state index contributed by atoms with van der Waals surface area (Å²) in [5.41, 5.74) is 0. The molecular weight excluding hydrogens is 359 g/mol. The standard InChI is InChI=1S/C22H39O4P/c1-5-7-9-12-16-20(3)24-27(23,26-22-18-14-11-15-19-22)25-21(4)17-13-10-8-6-2/h11,14-15,18-21H,5-10,12-13,16-17H2,1-4H3. The fourth-order valence-electron chi connectivity index (χ4n) is 2.94. The molecule has 5 heteroatoms. The monoisotopic (exact) mass is 398 g/mol. The predicted molar refractivity (Wildman–Crippen MR) is 113 cm³/mol. The van der Waals surface area contributed by atoms with Crippen LogP contribution in [-0.2, 0) is 13.6 Å². The fourth-order valence-corrected chi connectivity index (χ4v) is 4.55. The summed E-state index contributed by atoms with van der Waals surface area (Å²) >= 11 is 0. The lowest BCUT2D eigenvalue weighted by Gasteiger charge is -2.25. The molecule has 1 rings (SSSR count). The van der Waals surface area contributed by atoms with Gasteiger partial charge in [0.25, 0.3) is 0 Å². The molecular formula is C22H39O4P. The van der Waals surface area contributed by atoms with Crippen LogP contribution < -0.4 is 4.52 Å². The van der Waals surface area contributed by atoms with E-state index in [2.05, 4.69) is 13.8 Å². The minimum Gasteiger partial charge on any atom is -0.404 e. The molecule has 2 unspecified atom stereocenters. The first kappa shape index (κ1) is 24.2. The summed E-state index contributed by atoms with van der Waals surface area (Å²) in [7, 11) is -3.66. The van der Waals surface area contributed by atoms with Gasteiger partial charge in [-0.05, 0) is 38.8 Å². The highest BCUT2D eigenvalue weighted by Gasteiger charge is 2.33. The molecule has 0 aliphatic heterocycles. The molecule has 0 N–H and O–H groups in total. The zero-order chi connectivity index (χ0) is 20.0. The van der Waals surface area contributed by atoms with Gasteiger partial charge in [-0.1, -0.05) is 83.4 Å². The van der Waals surface area contributed by atoms with E-state index in [1.165, 1.54) is 38.5 Å². The van der Waals surface area contributed by atoms with Gasteiger partial charge >= 0.3 is 7.82 Å². The number of benzene rings is 1. The topological polar surface area (TPSA) is 44.8 Å². The molecule has 1 aromatic rings. The first-order valence-corrected chi connectivity index (χ1v) is 12.2. The molecule has 4 nitrogen and oxygen atoms in total. The molecule has 0 bridgehead atoms. The van der Waals surface area contributed by atoms with Crippen molar-refractivity contribution in [1.82, 2.24) is 0 Å². The molecule has 0 heterocycles. The highest BCUT2D eigenvalue weighted by Crippen LogP contribution is 2.52. The first-order chi connectivity index (χ1) is 13.0. The van der Waals surface area contributed by atoms with Crippen molar-refractivity contribution in [3.05, 3.63) is 30.3 Å². The number of rotatable bonds is 16. The summed E-state index contributed by atoms with van der Waals surface area (Å²) in [6.45, 7) is 8.28. The second-order valence-electron chi connectivity index (χ2n) is 7.38. The molecule has 0 radical (unpaired) electrons. The summed E-state index contributed by atoms with van der Waals surface area (Å²) in [5.74, 6) is 0.511. The van der Waals surface area contributed by atoms with Crippen LogP contribution >= 0.6 is 7.82 Å². The van der Waals surface area contributed by atoms with E-state index in [4.69, 9.17) is 13.6 Å². The van der Waals surface area contributed by atoms with Gasteiger partial charge in [0.15, 0.2) is 0 Å². The maximum atomic E-state index is 13.3.